The molecule has 0 saturated carbocycles. The summed E-state index contributed by atoms with van der Waals surface area (Å²) in [6, 6.07) is 10.4. The van der Waals surface area contributed by atoms with Gasteiger partial charge in [-0.3, -0.25) is 4.57 Å². The summed E-state index contributed by atoms with van der Waals surface area (Å²) in [5, 5.41) is 0. The van der Waals surface area contributed by atoms with Crippen molar-refractivity contribution >= 4 is 19.1 Å². The molecule has 1 unspecified atom stereocenters. The van der Waals surface area contributed by atoms with Gasteiger partial charge in [-0.15, -0.1) is 0 Å². The second-order valence-electron chi connectivity index (χ2n) is 6.02. The van der Waals surface area contributed by atoms with Crippen LogP contribution in [0.25, 0.3) is 0 Å². The molecule has 0 aliphatic carbocycles. The van der Waals surface area contributed by atoms with Gasteiger partial charge in [-0.2, -0.15) is 0 Å². The van der Waals surface area contributed by atoms with Gasteiger partial charge >= 0.3 is 8.03 Å². The predicted octanol–water partition coefficient (Wildman–Crippen LogP) is 3.57. The van der Waals surface area contributed by atoms with Crippen molar-refractivity contribution in [2.45, 2.75) is 45.4 Å². The van der Waals surface area contributed by atoms with Crippen molar-refractivity contribution in [1.29, 1.82) is 0 Å². The topological polar surface area (TPSA) is 21.7 Å². The van der Waals surface area contributed by atoms with E-state index in [4.69, 9.17) is 19.9 Å². The molecule has 1 saturated heterocycles. The van der Waals surface area contributed by atoms with Gasteiger partial charge < -0.3 is 8.85 Å². The van der Waals surface area contributed by atoms with Crippen LogP contribution in [-0.4, -0.2) is 31.3 Å². The fourth-order valence-corrected chi connectivity index (χ4v) is 6.07. The van der Waals surface area contributed by atoms with E-state index in [0.29, 0.717) is 0 Å². The quantitative estimate of drug-likeness (QED) is 0.615. The highest BCUT2D eigenvalue weighted by Crippen LogP contribution is 2.41. The number of likely N-dealkylation sites (N-methyl/N-ethyl adjacent to an activating group) is 1. The molecule has 1 fully saturated rings. The van der Waals surface area contributed by atoms with E-state index < -0.39 is 8.03 Å². The molecule has 0 aromatic heterocycles. The molecule has 0 radical (unpaired) electrons. The zero-order chi connectivity index (χ0) is 14.3. The molecule has 1 aromatic carbocycles. The SMILES string of the molecule is C[C@@H]1[C@@H](c2ccccc2)O[Si](Cl)(OC(C)(C)C)N1C. The Kier molecular flexibility index (Phi) is 4.09. The van der Waals surface area contributed by atoms with Crippen LogP contribution in [0.4, 0.5) is 0 Å². The number of halogens is 1. The van der Waals surface area contributed by atoms with Gasteiger partial charge in [0.2, 0.25) is 0 Å². The lowest BCUT2D eigenvalue weighted by Gasteiger charge is -2.32. The van der Waals surface area contributed by atoms with E-state index in [9.17, 15) is 0 Å². The third-order valence-electron chi connectivity index (χ3n) is 3.30. The number of rotatable bonds is 2. The first kappa shape index (κ1) is 15.0. The molecule has 0 amide bonds. The van der Waals surface area contributed by atoms with Crippen molar-refractivity contribution < 1.29 is 8.85 Å². The molecule has 3 nitrogen and oxygen atoms in total. The molecule has 2 rings (SSSR count). The van der Waals surface area contributed by atoms with E-state index in [2.05, 4.69) is 23.6 Å². The zero-order valence-electron chi connectivity index (χ0n) is 12.2. The first-order valence-electron chi connectivity index (χ1n) is 6.58. The summed E-state index contributed by atoms with van der Waals surface area (Å²) in [6.45, 7) is 8.13. The fraction of sp³-hybridized carbons (Fsp3) is 0.571. The van der Waals surface area contributed by atoms with Crippen LogP contribution in [0.1, 0.15) is 39.4 Å². The summed E-state index contributed by atoms with van der Waals surface area (Å²) < 4.78 is 14.2. The third-order valence-corrected chi connectivity index (χ3v) is 7.26. The second kappa shape index (κ2) is 5.18. The van der Waals surface area contributed by atoms with Crippen molar-refractivity contribution in [1.82, 2.24) is 4.57 Å². The second-order valence-corrected chi connectivity index (χ2v) is 9.61. The summed E-state index contributed by atoms with van der Waals surface area (Å²) in [5.74, 6) is 0. The lowest BCUT2D eigenvalue weighted by Crippen LogP contribution is -2.52. The minimum atomic E-state index is -2.83. The molecule has 1 aliphatic rings. The number of hydrogen-bond donors (Lipinski definition) is 0. The van der Waals surface area contributed by atoms with Crippen LogP contribution < -0.4 is 0 Å². The van der Waals surface area contributed by atoms with E-state index in [-0.39, 0.29) is 17.7 Å². The smallest absolute Gasteiger partial charge is 0.366 e. The molecule has 0 spiro atoms. The van der Waals surface area contributed by atoms with Crippen molar-refractivity contribution in [3.8, 4) is 0 Å². The standard InChI is InChI=1S/C14H22ClNO2Si/c1-11-13(12-9-7-6-8-10-12)17-19(15,16(11)5)18-14(2,3)4/h6-11,13H,1-5H3/t11-,13+,19?/m1/s1. The minimum Gasteiger partial charge on any atom is -0.366 e. The maximum Gasteiger partial charge on any atom is 0.538 e. The Balaban J connectivity index is 2.24. The summed E-state index contributed by atoms with van der Waals surface area (Å²) in [4.78, 5) is 0. The number of hydrogen-bond acceptors (Lipinski definition) is 3. The molecule has 19 heavy (non-hydrogen) atoms. The van der Waals surface area contributed by atoms with Crippen LogP contribution in [0.2, 0.25) is 0 Å². The van der Waals surface area contributed by atoms with Gasteiger partial charge in [0.15, 0.2) is 0 Å². The van der Waals surface area contributed by atoms with Crippen LogP contribution in [-0.2, 0) is 8.85 Å². The van der Waals surface area contributed by atoms with Gasteiger partial charge in [0, 0.05) is 6.04 Å². The van der Waals surface area contributed by atoms with Gasteiger partial charge in [-0.1, -0.05) is 41.4 Å². The normalized spacial score (nSPS) is 32.7. The molecule has 1 aliphatic heterocycles. The molecule has 1 heterocycles. The number of nitrogens with zero attached hydrogens (tertiary/aromatic N) is 1. The van der Waals surface area contributed by atoms with E-state index in [1.165, 1.54) is 0 Å². The Bertz CT molecular complexity index is 437. The zero-order valence-corrected chi connectivity index (χ0v) is 13.9. The maximum atomic E-state index is 6.67. The predicted molar refractivity (Wildman–Crippen MR) is 79.9 cm³/mol. The summed E-state index contributed by atoms with van der Waals surface area (Å²) >= 11 is 6.67. The maximum absolute atomic E-state index is 6.67. The Morgan fingerprint density at radius 1 is 1.26 bits per heavy atom. The van der Waals surface area contributed by atoms with Crippen LogP contribution >= 0.6 is 11.1 Å². The third kappa shape index (κ3) is 3.20. The molecule has 0 bridgehead atoms. The van der Waals surface area contributed by atoms with Crippen LogP contribution in [0.3, 0.4) is 0 Å². The van der Waals surface area contributed by atoms with Crippen LogP contribution in [0.5, 0.6) is 0 Å². The van der Waals surface area contributed by atoms with Gasteiger partial charge in [-0.05, 0) is 40.3 Å². The first-order valence-corrected chi connectivity index (χ1v) is 9.35. The summed E-state index contributed by atoms with van der Waals surface area (Å²) in [5.41, 5.74) is 0.836. The van der Waals surface area contributed by atoms with Gasteiger partial charge in [0.05, 0.1) is 11.7 Å². The average Bonchev–Trinajstić information content (AvgIpc) is 2.53. The Hall–Kier alpha value is -0.393. The molecular formula is C14H22ClNO2Si. The summed E-state index contributed by atoms with van der Waals surface area (Å²) in [7, 11) is -0.844. The Morgan fingerprint density at radius 2 is 1.84 bits per heavy atom. The molecular weight excluding hydrogens is 278 g/mol. The molecule has 0 N–H and O–H groups in total. The van der Waals surface area contributed by atoms with Gasteiger partial charge in [0.1, 0.15) is 0 Å². The molecule has 106 valence electrons. The molecule has 5 heteroatoms. The van der Waals surface area contributed by atoms with Crippen molar-refractivity contribution in [2.24, 2.45) is 0 Å². The van der Waals surface area contributed by atoms with E-state index in [0.717, 1.165) is 5.56 Å². The Labute approximate surface area is 121 Å². The monoisotopic (exact) mass is 299 g/mol. The highest BCUT2D eigenvalue weighted by Gasteiger charge is 2.56. The van der Waals surface area contributed by atoms with E-state index >= 15 is 0 Å². The lowest BCUT2D eigenvalue weighted by atomic mass is 10.0. The van der Waals surface area contributed by atoms with Crippen molar-refractivity contribution in [2.75, 3.05) is 7.05 Å². The van der Waals surface area contributed by atoms with Gasteiger partial charge in [-0.25, -0.2) is 0 Å². The average molecular weight is 300 g/mol. The van der Waals surface area contributed by atoms with E-state index in [1.54, 1.807) is 0 Å². The van der Waals surface area contributed by atoms with Crippen molar-refractivity contribution in [3.05, 3.63) is 35.9 Å². The fourth-order valence-electron chi connectivity index (χ4n) is 2.25. The first-order chi connectivity index (χ1) is 8.73. The largest absolute Gasteiger partial charge is 0.538 e. The molecule has 1 aromatic rings. The highest BCUT2D eigenvalue weighted by atomic mass is 35.6. The minimum absolute atomic E-state index is 0.0299. The Morgan fingerprint density at radius 3 is 2.37 bits per heavy atom. The van der Waals surface area contributed by atoms with Gasteiger partial charge in [0.25, 0.3) is 0 Å². The number of benzene rings is 1. The van der Waals surface area contributed by atoms with Crippen LogP contribution in [0, 0.1) is 0 Å². The van der Waals surface area contributed by atoms with Crippen LogP contribution in [0.15, 0.2) is 30.3 Å². The van der Waals surface area contributed by atoms with Crippen molar-refractivity contribution in [3.63, 3.8) is 0 Å². The summed E-state index contributed by atoms with van der Waals surface area (Å²) in [6.07, 6.45) is -0.0299. The molecule has 3 atom stereocenters. The highest BCUT2D eigenvalue weighted by molar-refractivity contribution is 7.11. The lowest BCUT2D eigenvalue weighted by molar-refractivity contribution is 0.0629. The van der Waals surface area contributed by atoms with E-state index in [1.807, 2.05) is 46.0 Å².